The van der Waals surface area contributed by atoms with E-state index in [0.717, 1.165) is 17.7 Å². The molecule has 2 rings (SSSR count). The van der Waals surface area contributed by atoms with Gasteiger partial charge < -0.3 is 20.7 Å². The van der Waals surface area contributed by atoms with E-state index in [1.54, 1.807) is 7.05 Å². The smallest absolute Gasteiger partial charge is 0.407 e. The van der Waals surface area contributed by atoms with Crippen LogP contribution in [0.5, 0.6) is 0 Å². The molecule has 0 unspecified atom stereocenters. The van der Waals surface area contributed by atoms with Crippen LogP contribution in [0.4, 0.5) is 4.79 Å². The fourth-order valence-corrected chi connectivity index (χ4v) is 2.38. The van der Waals surface area contributed by atoms with E-state index in [1.807, 2.05) is 68.2 Å². The van der Waals surface area contributed by atoms with Gasteiger partial charge in [0.25, 0.3) is 0 Å². The lowest BCUT2D eigenvalue weighted by Crippen LogP contribution is -2.39. The van der Waals surface area contributed by atoms with Crippen molar-refractivity contribution < 1.29 is 9.53 Å². The van der Waals surface area contributed by atoms with Gasteiger partial charge in [0.1, 0.15) is 5.60 Å². The molecule has 152 valence electrons. The second-order valence-corrected chi connectivity index (χ2v) is 7.26. The summed E-state index contributed by atoms with van der Waals surface area (Å²) in [5, 5.41) is 13.6. The van der Waals surface area contributed by atoms with Gasteiger partial charge >= 0.3 is 6.09 Å². The number of carbonyl (C=O) groups is 1. The first-order valence-electron chi connectivity index (χ1n) is 9.38. The Hall–Kier alpha value is -3.03. The number of nitrogens with one attached hydrogen (secondary N) is 3. The highest BCUT2D eigenvalue weighted by molar-refractivity contribution is 5.79. The number of amides is 1. The average Bonchev–Trinajstić information content (AvgIpc) is 3.12. The number of aliphatic imine (C=N–C) groups is 1. The number of rotatable bonds is 7. The van der Waals surface area contributed by atoms with E-state index >= 15 is 0 Å². The van der Waals surface area contributed by atoms with Crippen LogP contribution in [0, 0.1) is 0 Å². The Morgan fingerprint density at radius 2 is 1.86 bits per heavy atom. The van der Waals surface area contributed by atoms with Gasteiger partial charge in [0.15, 0.2) is 5.96 Å². The summed E-state index contributed by atoms with van der Waals surface area (Å²) >= 11 is 0. The van der Waals surface area contributed by atoms with Gasteiger partial charge in [-0.2, -0.15) is 5.10 Å². The molecule has 1 amide bonds. The van der Waals surface area contributed by atoms with Gasteiger partial charge in [0, 0.05) is 38.4 Å². The van der Waals surface area contributed by atoms with Crippen molar-refractivity contribution in [3.8, 4) is 5.69 Å². The van der Waals surface area contributed by atoms with Crippen LogP contribution in [-0.4, -0.2) is 47.6 Å². The molecule has 2 aromatic rings. The quantitative estimate of drug-likeness (QED) is 0.386. The fraction of sp³-hybridized carbons (Fsp3) is 0.450. The monoisotopic (exact) mass is 386 g/mol. The number of hydrogen-bond acceptors (Lipinski definition) is 4. The average molecular weight is 387 g/mol. The van der Waals surface area contributed by atoms with Crippen molar-refractivity contribution in [2.75, 3.05) is 20.1 Å². The largest absolute Gasteiger partial charge is 0.444 e. The lowest BCUT2D eigenvalue weighted by Gasteiger charge is -2.19. The van der Waals surface area contributed by atoms with Crippen LogP contribution in [0.25, 0.3) is 5.69 Å². The van der Waals surface area contributed by atoms with Gasteiger partial charge in [0.05, 0.1) is 11.9 Å². The van der Waals surface area contributed by atoms with Gasteiger partial charge in [-0.3, -0.25) is 4.99 Å². The number of para-hydroxylation sites is 1. The summed E-state index contributed by atoms with van der Waals surface area (Å²) < 4.78 is 7.04. The lowest BCUT2D eigenvalue weighted by molar-refractivity contribution is 0.0527. The van der Waals surface area contributed by atoms with Crippen LogP contribution >= 0.6 is 0 Å². The zero-order valence-corrected chi connectivity index (χ0v) is 17.0. The van der Waals surface area contributed by atoms with E-state index < -0.39 is 11.7 Å². The summed E-state index contributed by atoms with van der Waals surface area (Å²) in [7, 11) is 1.72. The van der Waals surface area contributed by atoms with E-state index in [2.05, 4.69) is 26.0 Å². The van der Waals surface area contributed by atoms with E-state index in [4.69, 9.17) is 4.74 Å². The maximum absolute atomic E-state index is 11.6. The standard InChI is InChI=1S/C20H30N6O2/c1-20(2,3)28-19(27)23-12-8-11-22-18(21-4)24-13-16-14-25-26(15-16)17-9-6-5-7-10-17/h5-7,9-10,14-15H,8,11-13H2,1-4H3,(H,23,27)(H2,21,22,24). The Morgan fingerprint density at radius 1 is 1.14 bits per heavy atom. The molecule has 0 atom stereocenters. The van der Waals surface area contributed by atoms with Crippen molar-refractivity contribution in [2.45, 2.75) is 39.3 Å². The Kier molecular flexibility index (Phi) is 7.86. The van der Waals surface area contributed by atoms with Crippen LogP contribution in [0.1, 0.15) is 32.8 Å². The molecular weight excluding hydrogens is 356 g/mol. The molecule has 0 aliphatic rings. The normalized spacial score (nSPS) is 11.8. The second-order valence-electron chi connectivity index (χ2n) is 7.26. The second kappa shape index (κ2) is 10.3. The van der Waals surface area contributed by atoms with Crippen molar-refractivity contribution in [1.82, 2.24) is 25.7 Å². The third-order valence-corrected chi connectivity index (χ3v) is 3.65. The predicted octanol–water partition coefficient (Wildman–Crippen LogP) is 2.45. The first-order valence-corrected chi connectivity index (χ1v) is 9.38. The molecule has 0 saturated heterocycles. The molecule has 0 spiro atoms. The van der Waals surface area contributed by atoms with Crippen LogP contribution < -0.4 is 16.0 Å². The molecule has 0 aliphatic heterocycles. The molecular formula is C20H30N6O2. The molecule has 0 fully saturated rings. The van der Waals surface area contributed by atoms with Crippen LogP contribution in [0.3, 0.4) is 0 Å². The molecule has 28 heavy (non-hydrogen) atoms. The van der Waals surface area contributed by atoms with Crippen molar-refractivity contribution in [2.24, 2.45) is 4.99 Å². The third-order valence-electron chi connectivity index (χ3n) is 3.65. The Balaban J connectivity index is 1.67. The minimum atomic E-state index is -0.484. The zero-order chi connectivity index (χ0) is 20.4. The Labute approximate surface area is 166 Å². The van der Waals surface area contributed by atoms with Crippen LogP contribution in [0.2, 0.25) is 0 Å². The zero-order valence-electron chi connectivity index (χ0n) is 17.0. The van der Waals surface area contributed by atoms with E-state index in [9.17, 15) is 4.79 Å². The number of nitrogens with zero attached hydrogens (tertiary/aromatic N) is 3. The number of benzene rings is 1. The molecule has 1 heterocycles. The van der Waals surface area contributed by atoms with E-state index in [1.165, 1.54) is 0 Å². The molecule has 0 radical (unpaired) electrons. The van der Waals surface area contributed by atoms with E-state index in [0.29, 0.717) is 25.6 Å². The van der Waals surface area contributed by atoms with Crippen LogP contribution in [0.15, 0.2) is 47.7 Å². The molecule has 1 aromatic heterocycles. The SMILES string of the molecule is CN=C(NCCCNC(=O)OC(C)(C)C)NCc1cnn(-c2ccccc2)c1. The molecule has 0 bridgehead atoms. The van der Waals surface area contributed by atoms with Crippen molar-refractivity contribution in [3.63, 3.8) is 0 Å². The summed E-state index contributed by atoms with van der Waals surface area (Å²) in [5.41, 5.74) is 1.59. The molecule has 3 N–H and O–H groups in total. The summed E-state index contributed by atoms with van der Waals surface area (Å²) in [6, 6.07) is 9.97. The summed E-state index contributed by atoms with van der Waals surface area (Å²) in [6.07, 6.45) is 4.18. The molecule has 8 nitrogen and oxygen atoms in total. The molecule has 0 saturated carbocycles. The number of ether oxygens (including phenoxy) is 1. The Bertz CT molecular complexity index is 765. The highest BCUT2D eigenvalue weighted by Gasteiger charge is 2.15. The predicted molar refractivity (Wildman–Crippen MR) is 111 cm³/mol. The van der Waals surface area contributed by atoms with Gasteiger partial charge in [-0.15, -0.1) is 0 Å². The molecule has 1 aromatic carbocycles. The van der Waals surface area contributed by atoms with Gasteiger partial charge in [0.2, 0.25) is 0 Å². The number of alkyl carbamates (subject to hydrolysis) is 1. The van der Waals surface area contributed by atoms with Crippen molar-refractivity contribution in [1.29, 1.82) is 0 Å². The van der Waals surface area contributed by atoms with Gasteiger partial charge in [-0.1, -0.05) is 18.2 Å². The summed E-state index contributed by atoms with van der Waals surface area (Å²) in [4.78, 5) is 15.8. The third kappa shape index (κ3) is 7.69. The maximum atomic E-state index is 11.6. The van der Waals surface area contributed by atoms with Crippen LogP contribution in [-0.2, 0) is 11.3 Å². The number of guanidine groups is 1. The topological polar surface area (TPSA) is 92.6 Å². The number of aromatic nitrogens is 2. The first kappa shape index (κ1) is 21.3. The minimum absolute atomic E-state index is 0.398. The Morgan fingerprint density at radius 3 is 2.54 bits per heavy atom. The summed E-state index contributed by atoms with van der Waals surface area (Å²) in [5.74, 6) is 0.699. The van der Waals surface area contributed by atoms with Gasteiger partial charge in [-0.25, -0.2) is 9.48 Å². The first-order chi connectivity index (χ1) is 13.4. The number of carbonyl (C=O) groups excluding carboxylic acids is 1. The van der Waals surface area contributed by atoms with Crippen molar-refractivity contribution in [3.05, 3.63) is 48.3 Å². The lowest BCUT2D eigenvalue weighted by atomic mass is 10.2. The molecule has 0 aliphatic carbocycles. The van der Waals surface area contributed by atoms with E-state index in [-0.39, 0.29) is 0 Å². The molecule has 8 heteroatoms. The highest BCUT2D eigenvalue weighted by Crippen LogP contribution is 2.07. The number of hydrogen-bond donors (Lipinski definition) is 3. The maximum Gasteiger partial charge on any atom is 0.407 e. The fourth-order valence-electron chi connectivity index (χ4n) is 2.38. The van der Waals surface area contributed by atoms with Crippen molar-refractivity contribution >= 4 is 12.1 Å². The summed E-state index contributed by atoms with van der Waals surface area (Å²) in [6.45, 7) is 7.35. The van der Waals surface area contributed by atoms with Gasteiger partial charge in [-0.05, 0) is 39.3 Å². The highest BCUT2D eigenvalue weighted by atomic mass is 16.6. The minimum Gasteiger partial charge on any atom is -0.444 e.